The third-order valence-corrected chi connectivity index (χ3v) is 8.06. The van der Waals surface area contributed by atoms with Crippen molar-refractivity contribution in [3.63, 3.8) is 0 Å². The molecule has 0 aliphatic carbocycles. The summed E-state index contributed by atoms with van der Waals surface area (Å²) in [5.41, 5.74) is 5.76. The Balaban J connectivity index is 1.40. The van der Waals surface area contributed by atoms with Crippen molar-refractivity contribution in [1.82, 2.24) is 9.88 Å². The topological polar surface area (TPSA) is 60.6 Å². The molecule has 0 aliphatic rings. The van der Waals surface area contributed by atoms with Gasteiger partial charge in [-0.3, -0.25) is 4.79 Å². The van der Waals surface area contributed by atoms with Gasteiger partial charge >= 0.3 is 0 Å². The zero-order valence-corrected chi connectivity index (χ0v) is 25.7. The lowest BCUT2D eigenvalue weighted by Gasteiger charge is -2.29. The molecule has 0 aliphatic heterocycles. The van der Waals surface area contributed by atoms with Crippen molar-refractivity contribution < 1.29 is 13.5 Å². The number of nitrogens with zero attached hydrogens (tertiary/aromatic N) is 2. The zero-order chi connectivity index (χ0) is 31.2. The van der Waals surface area contributed by atoms with Crippen LogP contribution in [0.3, 0.4) is 0 Å². The van der Waals surface area contributed by atoms with Crippen LogP contribution in [-0.2, 0) is 6.54 Å². The molecule has 0 unspecified atom stereocenters. The molecule has 6 nitrogen and oxygen atoms in total. The molecule has 0 radical (unpaired) electrons. The van der Waals surface area contributed by atoms with Crippen molar-refractivity contribution in [3.05, 3.63) is 130 Å². The number of H-pyrrole nitrogens is 1. The number of rotatable bonds is 10. The summed E-state index contributed by atoms with van der Waals surface area (Å²) in [7, 11) is 1.61. The number of aryl methyl sites for hydroxylation is 2. The van der Waals surface area contributed by atoms with Crippen molar-refractivity contribution in [2.45, 2.75) is 26.8 Å². The standard InChI is InChI=1S/C35H34F2N4O2S/c1-23-5-6-25-21-26(34(42)39-33(25)24(23)2)22-40(35(44)38-29-11-17-32(43-3)18-12-29)19-4-20-41(30-13-7-27(36)8-14-30)31-15-9-28(37)10-16-31/h5-18,21H,4,19-20,22H2,1-3H3,(H,38,44)(H,39,42). The number of anilines is 3. The Hall–Kier alpha value is -4.76. The van der Waals surface area contributed by atoms with Crippen LogP contribution in [0.4, 0.5) is 25.8 Å². The van der Waals surface area contributed by atoms with Gasteiger partial charge in [0.15, 0.2) is 5.11 Å². The van der Waals surface area contributed by atoms with Gasteiger partial charge in [0.2, 0.25) is 0 Å². The van der Waals surface area contributed by atoms with Crippen LogP contribution >= 0.6 is 12.2 Å². The van der Waals surface area contributed by atoms with E-state index in [4.69, 9.17) is 17.0 Å². The molecule has 0 saturated heterocycles. The van der Waals surface area contributed by atoms with E-state index in [9.17, 15) is 13.6 Å². The lowest BCUT2D eigenvalue weighted by atomic mass is 10.0. The Morgan fingerprint density at radius 1 is 0.864 bits per heavy atom. The molecule has 5 rings (SSSR count). The smallest absolute Gasteiger partial charge is 0.253 e. The minimum Gasteiger partial charge on any atom is -0.497 e. The van der Waals surface area contributed by atoms with Gasteiger partial charge in [-0.25, -0.2) is 8.78 Å². The average Bonchev–Trinajstić information content (AvgIpc) is 3.03. The maximum atomic E-state index is 13.7. The van der Waals surface area contributed by atoms with E-state index in [1.807, 2.05) is 66.1 Å². The highest BCUT2D eigenvalue weighted by Gasteiger charge is 2.17. The molecule has 4 aromatic carbocycles. The van der Waals surface area contributed by atoms with Gasteiger partial charge in [-0.15, -0.1) is 0 Å². The number of nitrogens with one attached hydrogen (secondary N) is 2. The van der Waals surface area contributed by atoms with E-state index in [0.29, 0.717) is 30.2 Å². The van der Waals surface area contributed by atoms with Crippen molar-refractivity contribution >= 4 is 45.3 Å². The fourth-order valence-electron chi connectivity index (χ4n) is 5.09. The number of benzene rings is 4. The number of halogens is 2. The van der Waals surface area contributed by atoms with E-state index >= 15 is 0 Å². The van der Waals surface area contributed by atoms with Crippen LogP contribution in [0.25, 0.3) is 10.9 Å². The SMILES string of the molecule is COc1ccc(NC(=S)N(CCCN(c2ccc(F)cc2)c2ccc(F)cc2)Cc2cc3ccc(C)c(C)c3[nH]c2=O)cc1. The Morgan fingerprint density at radius 3 is 2.07 bits per heavy atom. The van der Waals surface area contributed by atoms with Crippen LogP contribution in [0.2, 0.25) is 0 Å². The van der Waals surface area contributed by atoms with Gasteiger partial charge in [0.1, 0.15) is 17.4 Å². The maximum absolute atomic E-state index is 13.7. The molecule has 44 heavy (non-hydrogen) atoms. The molecule has 5 aromatic rings. The summed E-state index contributed by atoms with van der Waals surface area (Å²) in [6, 6.07) is 25.8. The first-order valence-corrected chi connectivity index (χ1v) is 14.7. The Morgan fingerprint density at radius 2 is 1.48 bits per heavy atom. The summed E-state index contributed by atoms with van der Waals surface area (Å²) in [4.78, 5) is 20.3. The second-order valence-corrected chi connectivity index (χ2v) is 11.0. The van der Waals surface area contributed by atoms with E-state index in [1.54, 1.807) is 31.4 Å². The van der Waals surface area contributed by atoms with Crippen molar-refractivity contribution in [1.29, 1.82) is 0 Å². The average molecular weight is 613 g/mol. The summed E-state index contributed by atoms with van der Waals surface area (Å²) < 4.78 is 32.7. The number of pyridine rings is 1. The van der Waals surface area contributed by atoms with Gasteiger partial charge in [0, 0.05) is 35.7 Å². The molecular formula is C35H34F2N4O2S. The molecule has 1 heterocycles. The lowest BCUT2D eigenvalue weighted by molar-refractivity contribution is 0.410. The number of aromatic amines is 1. The van der Waals surface area contributed by atoms with Gasteiger partial charge in [-0.1, -0.05) is 12.1 Å². The number of thiocarbonyl (C=S) groups is 1. The van der Waals surface area contributed by atoms with E-state index < -0.39 is 0 Å². The predicted molar refractivity (Wildman–Crippen MR) is 178 cm³/mol. The quantitative estimate of drug-likeness (QED) is 0.157. The number of fused-ring (bicyclic) bond motifs is 1. The molecule has 2 N–H and O–H groups in total. The first-order valence-electron chi connectivity index (χ1n) is 14.3. The monoisotopic (exact) mass is 612 g/mol. The van der Waals surface area contributed by atoms with Crippen LogP contribution in [-0.4, -0.2) is 35.2 Å². The zero-order valence-electron chi connectivity index (χ0n) is 24.9. The predicted octanol–water partition coefficient (Wildman–Crippen LogP) is 7.86. The summed E-state index contributed by atoms with van der Waals surface area (Å²) in [5, 5.41) is 4.71. The number of hydrogen-bond donors (Lipinski definition) is 2. The van der Waals surface area contributed by atoms with Crippen molar-refractivity contribution in [2.75, 3.05) is 30.4 Å². The third-order valence-electron chi connectivity index (χ3n) is 7.70. The maximum Gasteiger partial charge on any atom is 0.253 e. The number of aromatic nitrogens is 1. The second-order valence-electron chi connectivity index (χ2n) is 10.6. The van der Waals surface area contributed by atoms with Crippen molar-refractivity contribution in [2.24, 2.45) is 0 Å². The minimum atomic E-state index is -0.333. The second kappa shape index (κ2) is 13.7. The highest BCUT2D eigenvalue weighted by atomic mass is 32.1. The summed E-state index contributed by atoms with van der Waals surface area (Å²) in [6.45, 7) is 5.35. The fraction of sp³-hybridized carbons (Fsp3) is 0.200. The highest BCUT2D eigenvalue weighted by molar-refractivity contribution is 7.80. The summed E-state index contributed by atoms with van der Waals surface area (Å²) in [6.07, 6.45) is 0.628. The lowest BCUT2D eigenvalue weighted by Crippen LogP contribution is -2.37. The van der Waals surface area contributed by atoms with Gasteiger partial charge in [-0.05, 0) is 128 Å². The molecule has 0 spiro atoms. The van der Waals surface area contributed by atoms with Crippen LogP contribution < -0.4 is 20.5 Å². The molecular weight excluding hydrogens is 578 g/mol. The van der Waals surface area contributed by atoms with Gasteiger partial charge < -0.3 is 24.8 Å². The minimum absolute atomic E-state index is 0.164. The van der Waals surface area contributed by atoms with Gasteiger partial charge in [0.05, 0.1) is 19.2 Å². The molecule has 0 atom stereocenters. The fourth-order valence-corrected chi connectivity index (χ4v) is 5.37. The molecule has 226 valence electrons. The van der Waals surface area contributed by atoms with Crippen LogP contribution in [0.5, 0.6) is 5.75 Å². The number of ether oxygens (including phenoxy) is 1. The van der Waals surface area contributed by atoms with Gasteiger partial charge in [0.25, 0.3) is 5.56 Å². The number of methoxy groups -OCH3 is 1. The van der Waals surface area contributed by atoms with Gasteiger partial charge in [-0.2, -0.15) is 0 Å². The third kappa shape index (κ3) is 7.23. The van der Waals surface area contributed by atoms with E-state index in [0.717, 1.165) is 44.8 Å². The van der Waals surface area contributed by atoms with E-state index in [2.05, 4.69) is 10.3 Å². The molecule has 0 saturated carbocycles. The Labute approximate surface area is 260 Å². The van der Waals surface area contributed by atoms with Crippen LogP contribution in [0, 0.1) is 25.5 Å². The largest absolute Gasteiger partial charge is 0.497 e. The molecule has 1 aromatic heterocycles. The Bertz CT molecular complexity index is 1760. The molecule has 9 heteroatoms. The number of hydrogen-bond acceptors (Lipinski definition) is 4. The van der Waals surface area contributed by atoms with E-state index in [-0.39, 0.29) is 23.7 Å². The first-order chi connectivity index (χ1) is 21.2. The van der Waals surface area contributed by atoms with E-state index in [1.165, 1.54) is 24.3 Å². The Kier molecular flexibility index (Phi) is 9.55. The molecule has 0 bridgehead atoms. The summed E-state index contributed by atoms with van der Waals surface area (Å²) >= 11 is 5.86. The molecule has 0 amide bonds. The van der Waals surface area contributed by atoms with Crippen LogP contribution in [0.15, 0.2) is 95.8 Å². The summed E-state index contributed by atoms with van der Waals surface area (Å²) in [5.74, 6) is 0.0630. The van der Waals surface area contributed by atoms with Crippen molar-refractivity contribution in [3.8, 4) is 5.75 Å². The highest BCUT2D eigenvalue weighted by Crippen LogP contribution is 2.27. The first kappa shape index (κ1) is 30.7. The molecule has 0 fully saturated rings. The van der Waals surface area contributed by atoms with Crippen LogP contribution in [0.1, 0.15) is 23.1 Å². The normalized spacial score (nSPS) is 10.9.